The molecular weight excluding hydrogens is 246 g/mol. The molecule has 0 saturated carbocycles. The molecular formula is C10H16BrNS. The standard InChI is InChI=1S/C10H16BrNS/c1-7(2)6-12-8(3)9-4-5-10(11)13-9/h4-5,7-8,12H,6H2,1-3H3. The minimum Gasteiger partial charge on any atom is -0.309 e. The number of halogens is 1. The van der Waals surface area contributed by atoms with E-state index in [1.54, 1.807) is 11.3 Å². The molecule has 74 valence electrons. The van der Waals surface area contributed by atoms with Crippen molar-refractivity contribution in [2.45, 2.75) is 26.8 Å². The predicted molar refractivity (Wildman–Crippen MR) is 63.3 cm³/mol. The zero-order valence-electron chi connectivity index (χ0n) is 8.30. The summed E-state index contributed by atoms with van der Waals surface area (Å²) in [5, 5.41) is 3.50. The van der Waals surface area contributed by atoms with E-state index >= 15 is 0 Å². The Bertz CT molecular complexity index is 257. The number of thiophene rings is 1. The van der Waals surface area contributed by atoms with Gasteiger partial charge >= 0.3 is 0 Å². The Morgan fingerprint density at radius 3 is 2.54 bits per heavy atom. The van der Waals surface area contributed by atoms with Gasteiger partial charge in [0.05, 0.1) is 3.79 Å². The van der Waals surface area contributed by atoms with Crippen molar-refractivity contribution in [3.63, 3.8) is 0 Å². The topological polar surface area (TPSA) is 12.0 Å². The summed E-state index contributed by atoms with van der Waals surface area (Å²) in [5.41, 5.74) is 0. The maximum atomic E-state index is 3.50. The van der Waals surface area contributed by atoms with Crippen molar-refractivity contribution < 1.29 is 0 Å². The zero-order valence-corrected chi connectivity index (χ0v) is 10.7. The van der Waals surface area contributed by atoms with E-state index in [9.17, 15) is 0 Å². The van der Waals surface area contributed by atoms with Gasteiger partial charge in [-0.05, 0) is 47.4 Å². The minimum absolute atomic E-state index is 0.471. The van der Waals surface area contributed by atoms with E-state index in [0.29, 0.717) is 12.0 Å². The first kappa shape index (κ1) is 11.2. The van der Waals surface area contributed by atoms with Gasteiger partial charge in [0, 0.05) is 10.9 Å². The lowest BCUT2D eigenvalue weighted by Crippen LogP contribution is -2.22. The van der Waals surface area contributed by atoms with E-state index in [4.69, 9.17) is 0 Å². The van der Waals surface area contributed by atoms with Crippen LogP contribution in [-0.4, -0.2) is 6.54 Å². The Morgan fingerprint density at radius 1 is 1.38 bits per heavy atom. The molecule has 0 bridgehead atoms. The molecule has 1 nitrogen and oxygen atoms in total. The zero-order chi connectivity index (χ0) is 9.84. The fourth-order valence-corrected chi connectivity index (χ4v) is 2.52. The van der Waals surface area contributed by atoms with Crippen molar-refractivity contribution in [2.75, 3.05) is 6.54 Å². The van der Waals surface area contributed by atoms with Crippen molar-refractivity contribution in [3.8, 4) is 0 Å². The van der Waals surface area contributed by atoms with Crippen LogP contribution in [0.15, 0.2) is 15.9 Å². The van der Waals surface area contributed by atoms with Crippen LogP contribution >= 0.6 is 27.3 Å². The van der Waals surface area contributed by atoms with Crippen LogP contribution in [0.3, 0.4) is 0 Å². The third kappa shape index (κ3) is 3.79. The van der Waals surface area contributed by atoms with Gasteiger partial charge in [0.25, 0.3) is 0 Å². The second kappa shape index (κ2) is 5.13. The van der Waals surface area contributed by atoms with Crippen molar-refractivity contribution in [1.29, 1.82) is 0 Å². The molecule has 13 heavy (non-hydrogen) atoms. The molecule has 1 rings (SSSR count). The molecule has 1 heterocycles. The monoisotopic (exact) mass is 261 g/mol. The summed E-state index contributed by atoms with van der Waals surface area (Å²) >= 11 is 5.27. The molecule has 0 saturated heterocycles. The Morgan fingerprint density at radius 2 is 2.08 bits per heavy atom. The summed E-state index contributed by atoms with van der Waals surface area (Å²) in [6, 6.07) is 4.75. The van der Waals surface area contributed by atoms with Crippen molar-refractivity contribution in [2.24, 2.45) is 5.92 Å². The van der Waals surface area contributed by atoms with Crippen LogP contribution in [-0.2, 0) is 0 Å². The van der Waals surface area contributed by atoms with Gasteiger partial charge in [0.15, 0.2) is 0 Å². The van der Waals surface area contributed by atoms with Crippen molar-refractivity contribution in [1.82, 2.24) is 5.32 Å². The third-order valence-electron chi connectivity index (χ3n) is 1.85. The summed E-state index contributed by atoms with van der Waals surface area (Å²) in [4.78, 5) is 1.40. The summed E-state index contributed by atoms with van der Waals surface area (Å²) in [7, 11) is 0. The lowest BCUT2D eigenvalue weighted by atomic mass is 10.2. The second-order valence-electron chi connectivity index (χ2n) is 3.67. The van der Waals surface area contributed by atoms with Gasteiger partial charge in [-0.2, -0.15) is 0 Å². The summed E-state index contributed by atoms with van der Waals surface area (Å²) in [6.07, 6.45) is 0. The van der Waals surface area contributed by atoms with E-state index < -0.39 is 0 Å². The normalized spacial score (nSPS) is 13.6. The molecule has 0 aliphatic carbocycles. The minimum atomic E-state index is 0.471. The highest BCUT2D eigenvalue weighted by Gasteiger charge is 2.07. The van der Waals surface area contributed by atoms with Crippen LogP contribution in [0, 0.1) is 5.92 Å². The molecule has 1 unspecified atom stereocenters. The molecule has 0 radical (unpaired) electrons. The fraction of sp³-hybridized carbons (Fsp3) is 0.600. The highest BCUT2D eigenvalue weighted by molar-refractivity contribution is 9.11. The van der Waals surface area contributed by atoms with Crippen LogP contribution in [0.1, 0.15) is 31.7 Å². The van der Waals surface area contributed by atoms with E-state index in [0.717, 1.165) is 6.54 Å². The third-order valence-corrected chi connectivity index (χ3v) is 3.66. The van der Waals surface area contributed by atoms with E-state index in [1.165, 1.54) is 8.66 Å². The van der Waals surface area contributed by atoms with Crippen molar-refractivity contribution in [3.05, 3.63) is 20.8 Å². The first-order valence-electron chi connectivity index (χ1n) is 4.58. The fourth-order valence-electron chi connectivity index (χ4n) is 1.07. The molecule has 3 heteroatoms. The van der Waals surface area contributed by atoms with E-state index in [-0.39, 0.29) is 0 Å². The Labute approximate surface area is 92.7 Å². The second-order valence-corrected chi connectivity index (χ2v) is 6.16. The maximum Gasteiger partial charge on any atom is 0.0701 e. The van der Waals surface area contributed by atoms with Gasteiger partial charge in [0.1, 0.15) is 0 Å². The molecule has 0 aromatic carbocycles. The summed E-state index contributed by atoms with van der Waals surface area (Å²) in [6.45, 7) is 7.74. The Hall–Kier alpha value is 0.140. The molecule has 0 fully saturated rings. The Balaban J connectivity index is 2.44. The SMILES string of the molecule is CC(C)CNC(C)c1ccc(Br)s1. The molecule has 1 atom stereocenters. The lowest BCUT2D eigenvalue weighted by molar-refractivity contribution is 0.500. The number of rotatable bonds is 4. The molecule has 1 N–H and O–H groups in total. The van der Waals surface area contributed by atoms with Gasteiger partial charge in [-0.3, -0.25) is 0 Å². The van der Waals surface area contributed by atoms with Gasteiger partial charge < -0.3 is 5.32 Å². The highest BCUT2D eigenvalue weighted by atomic mass is 79.9. The lowest BCUT2D eigenvalue weighted by Gasteiger charge is -2.13. The predicted octanol–water partition coefficient (Wildman–Crippen LogP) is 3.82. The van der Waals surface area contributed by atoms with E-state index in [2.05, 4.69) is 54.2 Å². The molecule has 0 amide bonds. The molecule has 1 aromatic rings. The first-order chi connectivity index (χ1) is 6.09. The summed E-state index contributed by atoms with van der Waals surface area (Å²) < 4.78 is 1.21. The summed E-state index contributed by atoms with van der Waals surface area (Å²) in [5.74, 6) is 0.714. The van der Waals surface area contributed by atoms with Crippen LogP contribution in [0.25, 0.3) is 0 Å². The smallest absolute Gasteiger partial charge is 0.0701 e. The number of hydrogen-bond acceptors (Lipinski definition) is 2. The van der Waals surface area contributed by atoms with Gasteiger partial charge in [-0.1, -0.05) is 13.8 Å². The van der Waals surface area contributed by atoms with Crippen LogP contribution < -0.4 is 5.32 Å². The van der Waals surface area contributed by atoms with Crippen LogP contribution in [0.5, 0.6) is 0 Å². The van der Waals surface area contributed by atoms with Crippen molar-refractivity contribution >= 4 is 27.3 Å². The molecule has 1 aromatic heterocycles. The highest BCUT2D eigenvalue weighted by Crippen LogP contribution is 2.26. The maximum absolute atomic E-state index is 3.50. The van der Waals surface area contributed by atoms with Crippen LogP contribution in [0.2, 0.25) is 0 Å². The molecule has 0 aliphatic rings. The van der Waals surface area contributed by atoms with Gasteiger partial charge in [-0.25, -0.2) is 0 Å². The number of hydrogen-bond donors (Lipinski definition) is 1. The average molecular weight is 262 g/mol. The first-order valence-corrected chi connectivity index (χ1v) is 6.19. The van der Waals surface area contributed by atoms with Gasteiger partial charge in [0.2, 0.25) is 0 Å². The number of nitrogens with one attached hydrogen (secondary N) is 1. The van der Waals surface area contributed by atoms with Crippen LogP contribution in [0.4, 0.5) is 0 Å². The quantitative estimate of drug-likeness (QED) is 0.869. The largest absolute Gasteiger partial charge is 0.309 e. The van der Waals surface area contributed by atoms with E-state index in [1.807, 2.05) is 0 Å². The molecule has 0 aliphatic heterocycles. The van der Waals surface area contributed by atoms with Gasteiger partial charge in [-0.15, -0.1) is 11.3 Å². The Kier molecular flexibility index (Phi) is 4.42. The average Bonchev–Trinajstić information content (AvgIpc) is 2.47. The molecule has 0 spiro atoms.